The lowest BCUT2D eigenvalue weighted by Gasteiger charge is -2.31. The summed E-state index contributed by atoms with van der Waals surface area (Å²) in [6.07, 6.45) is 2.55. The van der Waals surface area contributed by atoms with Crippen LogP contribution >= 0.6 is 0 Å². The van der Waals surface area contributed by atoms with Gasteiger partial charge in [0, 0.05) is 17.2 Å². The molecule has 3 aliphatic rings. The highest BCUT2D eigenvalue weighted by Crippen LogP contribution is 2.63. The van der Waals surface area contributed by atoms with E-state index in [-0.39, 0.29) is 11.8 Å². The van der Waals surface area contributed by atoms with Crippen LogP contribution in [0.15, 0.2) is 60.7 Å². The number of hydrogen-bond acceptors (Lipinski definition) is 6. The number of imide groups is 1. The Kier molecular flexibility index (Phi) is 5.29. The summed E-state index contributed by atoms with van der Waals surface area (Å²) in [6.45, 7) is 2.35. The van der Waals surface area contributed by atoms with Gasteiger partial charge in [0.05, 0.1) is 58.6 Å². The van der Waals surface area contributed by atoms with E-state index in [0.717, 1.165) is 11.8 Å². The van der Waals surface area contributed by atoms with Gasteiger partial charge in [0.15, 0.2) is 0 Å². The number of carbonyl (C=O) groups is 2. The summed E-state index contributed by atoms with van der Waals surface area (Å²) in [5.41, 5.74) is 0.152. The number of benzene rings is 3. The fourth-order valence-electron chi connectivity index (χ4n) is 6.68. The summed E-state index contributed by atoms with van der Waals surface area (Å²) in [5, 5.41) is 20.0. The first-order valence-electron chi connectivity index (χ1n) is 12.6. The first kappa shape index (κ1) is 23.2. The van der Waals surface area contributed by atoms with Crippen molar-refractivity contribution in [2.75, 3.05) is 11.5 Å². The van der Waals surface area contributed by atoms with Gasteiger partial charge in [-0.15, -0.1) is 0 Å². The van der Waals surface area contributed by atoms with Crippen molar-refractivity contribution in [1.82, 2.24) is 0 Å². The highest BCUT2D eigenvalue weighted by atomic mass is 16.5. The van der Waals surface area contributed by atoms with Gasteiger partial charge >= 0.3 is 0 Å². The average molecular weight is 492 g/mol. The minimum atomic E-state index is -0.767. The molecule has 7 nitrogen and oxygen atoms in total. The third kappa shape index (κ3) is 3.28. The number of nitrogens with zero attached hydrogens (tertiary/aromatic N) is 3. The molecule has 0 N–H and O–H groups in total. The molecule has 7 heteroatoms. The lowest BCUT2D eigenvalue weighted by atomic mass is 9.66. The first-order chi connectivity index (χ1) is 18.0. The van der Waals surface area contributed by atoms with Crippen LogP contribution in [-0.4, -0.2) is 29.6 Å². The predicted molar refractivity (Wildman–Crippen MR) is 135 cm³/mol. The number of anilines is 1. The Labute approximate surface area is 214 Å². The zero-order chi connectivity index (χ0) is 25.8. The van der Waals surface area contributed by atoms with Gasteiger partial charge in [-0.1, -0.05) is 31.2 Å². The van der Waals surface area contributed by atoms with E-state index >= 15 is 0 Å². The van der Waals surface area contributed by atoms with Crippen LogP contribution in [0.25, 0.3) is 10.8 Å². The molecule has 0 aliphatic carbocycles. The van der Waals surface area contributed by atoms with Crippen LogP contribution in [0.2, 0.25) is 0 Å². The van der Waals surface area contributed by atoms with Crippen LogP contribution in [0.3, 0.4) is 0 Å². The Morgan fingerprint density at radius 3 is 2.27 bits per heavy atom. The lowest BCUT2D eigenvalue weighted by molar-refractivity contribution is -0.132. The maximum Gasteiger partial charge on any atom is 0.240 e. The van der Waals surface area contributed by atoms with Crippen molar-refractivity contribution in [3.05, 3.63) is 71.8 Å². The second kappa shape index (κ2) is 8.44. The molecule has 184 valence electrons. The number of nitriles is 2. The molecule has 2 amide bonds. The van der Waals surface area contributed by atoms with Crippen LogP contribution in [0.5, 0.6) is 5.75 Å². The topological polar surface area (TPSA) is 103 Å². The molecule has 3 aromatic carbocycles. The van der Waals surface area contributed by atoms with E-state index in [9.17, 15) is 14.9 Å². The third-order valence-electron chi connectivity index (χ3n) is 8.46. The van der Waals surface area contributed by atoms with E-state index in [2.05, 4.69) is 12.1 Å². The molecule has 0 unspecified atom stereocenters. The molecule has 0 saturated carbocycles. The SMILES string of the molecule is CC[C@]12CC[C@](CCOc3ccc(C#N)cc3)(O1)[C@@H]1C(=O)N(c3ccc(C#N)c4ccccc34)C(=O)[C@H]12. The Balaban J connectivity index is 1.33. The summed E-state index contributed by atoms with van der Waals surface area (Å²) >= 11 is 0. The molecule has 6 rings (SSSR count). The van der Waals surface area contributed by atoms with Crippen molar-refractivity contribution < 1.29 is 19.1 Å². The molecule has 0 spiro atoms. The second-order valence-electron chi connectivity index (χ2n) is 10.1. The van der Waals surface area contributed by atoms with Crippen molar-refractivity contribution in [3.8, 4) is 17.9 Å². The van der Waals surface area contributed by atoms with Crippen molar-refractivity contribution in [3.63, 3.8) is 0 Å². The van der Waals surface area contributed by atoms with E-state index in [1.807, 2.05) is 31.2 Å². The van der Waals surface area contributed by atoms with Crippen molar-refractivity contribution in [2.45, 2.75) is 43.8 Å². The monoisotopic (exact) mass is 491 g/mol. The third-order valence-corrected chi connectivity index (χ3v) is 8.46. The largest absolute Gasteiger partial charge is 0.493 e. The van der Waals surface area contributed by atoms with Gasteiger partial charge in [0.25, 0.3) is 0 Å². The predicted octanol–water partition coefficient (Wildman–Crippen LogP) is 4.87. The van der Waals surface area contributed by atoms with Crippen LogP contribution in [-0.2, 0) is 14.3 Å². The van der Waals surface area contributed by atoms with Crippen LogP contribution < -0.4 is 9.64 Å². The van der Waals surface area contributed by atoms with Crippen LogP contribution in [0.1, 0.15) is 43.7 Å². The lowest BCUT2D eigenvalue weighted by Crippen LogP contribution is -2.43. The molecule has 37 heavy (non-hydrogen) atoms. The van der Waals surface area contributed by atoms with Crippen molar-refractivity contribution in [1.29, 1.82) is 10.5 Å². The highest BCUT2D eigenvalue weighted by molar-refractivity contribution is 6.26. The van der Waals surface area contributed by atoms with Crippen molar-refractivity contribution >= 4 is 28.3 Å². The Hall–Kier alpha value is -4.20. The molecule has 3 fully saturated rings. The maximum absolute atomic E-state index is 14.0. The number of hydrogen-bond donors (Lipinski definition) is 0. The molecule has 3 aromatic rings. The summed E-state index contributed by atoms with van der Waals surface area (Å²) in [6, 6.07) is 22.0. The van der Waals surface area contributed by atoms with E-state index < -0.39 is 23.0 Å². The van der Waals surface area contributed by atoms with E-state index in [1.165, 1.54) is 4.90 Å². The van der Waals surface area contributed by atoms with E-state index in [4.69, 9.17) is 14.7 Å². The summed E-state index contributed by atoms with van der Waals surface area (Å²) in [7, 11) is 0. The van der Waals surface area contributed by atoms with E-state index in [1.54, 1.807) is 36.4 Å². The normalized spacial score (nSPS) is 27.8. The number of fused-ring (bicyclic) bond motifs is 6. The first-order valence-corrected chi connectivity index (χ1v) is 12.6. The summed E-state index contributed by atoms with van der Waals surface area (Å²) < 4.78 is 12.6. The maximum atomic E-state index is 14.0. The van der Waals surface area contributed by atoms with Gasteiger partial charge in [-0.3, -0.25) is 9.59 Å². The minimum Gasteiger partial charge on any atom is -0.493 e. The fourth-order valence-corrected chi connectivity index (χ4v) is 6.68. The van der Waals surface area contributed by atoms with Gasteiger partial charge in [-0.25, -0.2) is 4.90 Å². The zero-order valence-corrected chi connectivity index (χ0v) is 20.4. The van der Waals surface area contributed by atoms with Gasteiger partial charge in [-0.2, -0.15) is 10.5 Å². The number of amides is 2. The van der Waals surface area contributed by atoms with Gasteiger partial charge in [0.2, 0.25) is 11.8 Å². The summed E-state index contributed by atoms with van der Waals surface area (Å²) in [5.74, 6) is -0.931. The van der Waals surface area contributed by atoms with Gasteiger partial charge in [-0.05, 0) is 55.7 Å². The Bertz CT molecular complexity index is 1520. The second-order valence-corrected chi connectivity index (χ2v) is 10.1. The molecule has 3 aliphatic heterocycles. The Morgan fingerprint density at radius 2 is 1.59 bits per heavy atom. The molecular formula is C30H25N3O4. The minimum absolute atomic E-state index is 0.221. The highest BCUT2D eigenvalue weighted by Gasteiger charge is 2.74. The molecule has 4 atom stereocenters. The standard InChI is InChI=1S/C30H25N3O4/c1-2-29-13-14-30(37-29,15-16-36-21-10-7-19(17-31)8-11-21)26-25(29)27(34)33(28(26)35)24-12-9-20(18-32)22-5-3-4-6-23(22)24/h3-12,25-26H,2,13-16H2,1H3/t25-,26-,29+,30+/m0/s1. The Morgan fingerprint density at radius 1 is 0.919 bits per heavy atom. The number of ether oxygens (including phenoxy) is 2. The van der Waals surface area contributed by atoms with Crippen LogP contribution in [0.4, 0.5) is 5.69 Å². The molecular weight excluding hydrogens is 466 g/mol. The fraction of sp³-hybridized carbons (Fsp3) is 0.333. The van der Waals surface area contributed by atoms with Crippen molar-refractivity contribution in [2.24, 2.45) is 11.8 Å². The van der Waals surface area contributed by atoms with E-state index in [0.29, 0.717) is 53.8 Å². The van der Waals surface area contributed by atoms with Gasteiger partial charge < -0.3 is 9.47 Å². The van der Waals surface area contributed by atoms with Crippen LogP contribution in [0, 0.1) is 34.5 Å². The number of carbonyl (C=O) groups excluding carboxylic acids is 2. The molecule has 2 bridgehead atoms. The smallest absolute Gasteiger partial charge is 0.240 e. The molecule has 0 aromatic heterocycles. The summed E-state index contributed by atoms with van der Waals surface area (Å²) in [4.78, 5) is 29.3. The number of rotatable bonds is 6. The zero-order valence-electron chi connectivity index (χ0n) is 20.4. The molecule has 3 saturated heterocycles. The average Bonchev–Trinajstić information content (AvgIpc) is 3.55. The molecule has 3 heterocycles. The molecule has 0 radical (unpaired) electrons. The quantitative estimate of drug-likeness (QED) is 0.456. The van der Waals surface area contributed by atoms with Gasteiger partial charge in [0.1, 0.15) is 5.75 Å².